The van der Waals surface area contributed by atoms with E-state index in [-0.39, 0.29) is 12.5 Å². The molecule has 0 saturated carbocycles. The summed E-state index contributed by atoms with van der Waals surface area (Å²) in [5.41, 5.74) is 0.510. The highest BCUT2D eigenvalue weighted by Gasteiger charge is 2.09. The van der Waals surface area contributed by atoms with Crippen molar-refractivity contribution in [2.45, 2.75) is 26.2 Å². The van der Waals surface area contributed by atoms with Crippen LogP contribution in [-0.2, 0) is 16.6 Å². The summed E-state index contributed by atoms with van der Waals surface area (Å²) in [4.78, 5) is 11.5. The lowest BCUT2D eigenvalue weighted by molar-refractivity contribution is -0.120. The summed E-state index contributed by atoms with van der Waals surface area (Å²) in [5.74, 6) is -0.212. The van der Waals surface area contributed by atoms with Crippen LogP contribution in [0.1, 0.15) is 26.2 Å². The lowest BCUT2D eigenvalue weighted by Gasteiger charge is -2.04. The van der Waals surface area contributed by atoms with Gasteiger partial charge in [-0.05, 0) is 6.42 Å². The van der Waals surface area contributed by atoms with Gasteiger partial charge >= 0.3 is 0 Å². The van der Waals surface area contributed by atoms with Gasteiger partial charge in [0.05, 0.1) is 11.9 Å². The predicted molar refractivity (Wildman–Crippen MR) is 67.2 cm³/mol. The Morgan fingerprint density at radius 3 is 2.94 bits per heavy atom. The van der Waals surface area contributed by atoms with Crippen molar-refractivity contribution in [1.29, 1.82) is 0 Å². The van der Waals surface area contributed by atoms with Gasteiger partial charge in [-0.2, -0.15) is 5.10 Å². The number of aromatic nitrogens is 2. The average molecular weight is 260 g/mol. The van der Waals surface area contributed by atoms with Crippen LogP contribution in [0.3, 0.4) is 0 Å². The van der Waals surface area contributed by atoms with Crippen LogP contribution in [0.5, 0.6) is 0 Å². The van der Waals surface area contributed by atoms with Gasteiger partial charge in [0, 0.05) is 13.7 Å². The quantitative estimate of drug-likeness (QED) is 0.764. The van der Waals surface area contributed by atoms with E-state index in [9.17, 15) is 4.79 Å². The van der Waals surface area contributed by atoms with Crippen LogP contribution in [0.25, 0.3) is 0 Å². The highest BCUT2D eigenvalue weighted by Crippen LogP contribution is 2.19. The molecule has 0 aromatic carbocycles. The SMILES string of the molecule is CCCCCOCC(=O)Nc1cnn(C)c1Cl. The fourth-order valence-corrected chi connectivity index (χ4v) is 1.45. The molecule has 1 aromatic rings. The number of unbranched alkanes of at least 4 members (excludes halogenated alkanes) is 2. The van der Waals surface area contributed by atoms with Crippen molar-refractivity contribution >= 4 is 23.2 Å². The molecule has 0 unspecified atom stereocenters. The molecule has 5 nitrogen and oxygen atoms in total. The van der Waals surface area contributed by atoms with Gasteiger partial charge in [-0.15, -0.1) is 0 Å². The first-order valence-corrected chi connectivity index (χ1v) is 6.08. The summed E-state index contributed by atoms with van der Waals surface area (Å²) in [6.07, 6.45) is 4.76. The Bertz CT molecular complexity index is 366. The number of rotatable bonds is 7. The molecule has 1 heterocycles. The van der Waals surface area contributed by atoms with Crippen LogP contribution < -0.4 is 5.32 Å². The maximum absolute atomic E-state index is 11.5. The minimum atomic E-state index is -0.212. The van der Waals surface area contributed by atoms with Gasteiger partial charge in [-0.1, -0.05) is 31.4 Å². The molecule has 1 N–H and O–H groups in total. The fraction of sp³-hybridized carbons (Fsp3) is 0.636. The summed E-state index contributed by atoms with van der Waals surface area (Å²) >= 11 is 5.90. The Labute approximate surface area is 106 Å². The molecule has 17 heavy (non-hydrogen) atoms. The van der Waals surface area contributed by atoms with Crippen LogP contribution in [-0.4, -0.2) is 28.9 Å². The molecule has 0 saturated heterocycles. The zero-order valence-electron chi connectivity index (χ0n) is 10.2. The third-order valence-corrected chi connectivity index (χ3v) is 2.71. The van der Waals surface area contributed by atoms with Gasteiger partial charge in [0.15, 0.2) is 0 Å². The van der Waals surface area contributed by atoms with Crippen LogP contribution in [0.15, 0.2) is 6.20 Å². The number of ether oxygens (including phenoxy) is 1. The zero-order valence-corrected chi connectivity index (χ0v) is 11.0. The molecule has 0 bridgehead atoms. The van der Waals surface area contributed by atoms with Crippen molar-refractivity contribution in [2.75, 3.05) is 18.5 Å². The largest absolute Gasteiger partial charge is 0.372 e. The monoisotopic (exact) mass is 259 g/mol. The van der Waals surface area contributed by atoms with Gasteiger partial charge in [-0.25, -0.2) is 0 Å². The third kappa shape index (κ3) is 4.75. The average Bonchev–Trinajstić information content (AvgIpc) is 2.61. The van der Waals surface area contributed by atoms with E-state index >= 15 is 0 Å². The molecule has 0 fully saturated rings. The summed E-state index contributed by atoms with van der Waals surface area (Å²) in [5, 5.41) is 6.97. The standard InChI is InChI=1S/C11H18ClN3O2/c1-3-4-5-6-17-8-10(16)14-9-7-13-15(2)11(9)12/h7H,3-6,8H2,1-2H3,(H,14,16). The van der Waals surface area contributed by atoms with Gasteiger partial charge in [0.25, 0.3) is 0 Å². The second-order valence-corrected chi connectivity index (χ2v) is 4.14. The molecule has 0 radical (unpaired) electrons. The van der Waals surface area contributed by atoms with Gasteiger partial charge in [-0.3, -0.25) is 9.48 Å². The molecule has 0 aliphatic rings. The molecule has 0 aliphatic carbocycles. The smallest absolute Gasteiger partial charge is 0.250 e. The minimum Gasteiger partial charge on any atom is -0.372 e. The Balaban J connectivity index is 2.23. The normalized spacial score (nSPS) is 10.5. The van der Waals surface area contributed by atoms with Crippen molar-refractivity contribution in [3.8, 4) is 0 Å². The molecular formula is C11H18ClN3O2. The number of nitrogens with zero attached hydrogens (tertiary/aromatic N) is 2. The van der Waals surface area contributed by atoms with E-state index in [1.807, 2.05) is 0 Å². The number of amides is 1. The second kappa shape index (κ2) is 7.29. The Morgan fingerprint density at radius 1 is 1.59 bits per heavy atom. The highest BCUT2D eigenvalue weighted by molar-refractivity contribution is 6.32. The molecule has 0 atom stereocenters. The van der Waals surface area contributed by atoms with E-state index in [4.69, 9.17) is 16.3 Å². The summed E-state index contributed by atoms with van der Waals surface area (Å²) in [6, 6.07) is 0. The van der Waals surface area contributed by atoms with Crippen molar-refractivity contribution in [3.63, 3.8) is 0 Å². The molecule has 1 rings (SSSR count). The number of anilines is 1. The van der Waals surface area contributed by atoms with Gasteiger partial charge in [0.1, 0.15) is 11.8 Å². The summed E-state index contributed by atoms with van der Waals surface area (Å²) < 4.78 is 6.72. The molecule has 0 spiro atoms. The number of nitrogens with one attached hydrogen (secondary N) is 1. The van der Waals surface area contributed by atoms with Crippen LogP contribution in [0.4, 0.5) is 5.69 Å². The lowest BCUT2D eigenvalue weighted by Crippen LogP contribution is -2.18. The van der Waals surface area contributed by atoms with Crippen molar-refractivity contribution in [3.05, 3.63) is 11.3 Å². The third-order valence-electron chi connectivity index (χ3n) is 2.27. The maximum atomic E-state index is 11.5. The van der Waals surface area contributed by atoms with Crippen LogP contribution in [0.2, 0.25) is 5.15 Å². The topological polar surface area (TPSA) is 56.1 Å². The summed E-state index contributed by atoms with van der Waals surface area (Å²) in [6.45, 7) is 2.79. The van der Waals surface area contributed by atoms with Crippen molar-refractivity contribution < 1.29 is 9.53 Å². The van der Waals surface area contributed by atoms with Crippen LogP contribution >= 0.6 is 11.6 Å². The second-order valence-electron chi connectivity index (χ2n) is 3.78. The molecule has 1 amide bonds. The fourth-order valence-electron chi connectivity index (χ4n) is 1.31. The Hall–Kier alpha value is -1.07. The van der Waals surface area contributed by atoms with Crippen LogP contribution in [0, 0.1) is 0 Å². The first kappa shape index (κ1) is 14.0. The Morgan fingerprint density at radius 2 is 2.35 bits per heavy atom. The predicted octanol–water partition coefficient (Wildman–Crippen LogP) is 2.22. The number of carbonyl (C=O) groups is 1. The molecule has 0 aliphatic heterocycles. The number of hydrogen-bond donors (Lipinski definition) is 1. The highest BCUT2D eigenvalue weighted by atomic mass is 35.5. The van der Waals surface area contributed by atoms with E-state index < -0.39 is 0 Å². The van der Waals surface area contributed by atoms with E-state index in [1.54, 1.807) is 7.05 Å². The maximum Gasteiger partial charge on any atom is 0.250 e. The minimum absolute atomic E-state index is 0.0505. The summed E-state index contributed by atoms with van der Waals surface area (Å²) in [7, 11) is 1.71. The van der Waals surface area contributed by atoms with E-state index in [2.05, 4.69) is 17.3 Å². The van der Waals surface area contributed by atoms with Crippen molar-refractivity contribution in [2.24, 2.45) is 7.05 Å². The number of aryl methyl sites for hydroxylation is 1. The van der Waals surface area contributed by atoms with E-state index in [1.165, 1.54) is 10.9 Å². The zero-order chi connectivity index (χ0) is 12.7. The van der Waals surface area contributed by atoms with E-state index in [0.717, 1.165) is 19.3 Å². The molecule has 96 valence electrons. The van der Waals surface area contributed by atoms with Gasteiger partial charge < -0.3 is 10.1 Å². The molecule has 6 heteroatoms. The van der Waals surface area contributed by atoms with Gasteiger partial charge in [0.2, 0.25) is 5.91 Å². The Kier molecular flexibility index (Phi) is 6.00. The lowest BCUT2D eigenvalue weighted by atomic mass is 10.3. The molecule has 1 aromatic heterocycles. The first-order valence-electron chi connectivity index (χ1n) is 5.70. The number of carbonyl (C=O) groups excluding carboxylic acids is 1. The molecular weight excluding hydrogens is 242 g/mol. The van der Waals surface area contributed by atoms with Crippen molar-refractivity contribution in [1.82, 2.24) is 9.78 Å². The first-order chi connectivity index (χ1) is 8.15. The van der Waals surface area contributed by atoms with E-state index in [0.29, 0.717) is 17.4 Å². The number of hydrogen-bond acceptors (Lipinski definition) is 3. The number of halogens is 1.